The molecule has 0 aliphatic carbocycles. The van der Waals surface area contributed by atoms with Crippen LogP contribution in [0, 0.1) is 0 Å². The van der Waals surface area contributed by atoms with Crippen molar-refractivity contribution in [2.24, 2.45) is 4.99 Å². The van der Waals surface area contributed by atoms with E-state index in [1.807, 2.05) is 67.8 Å². The van der Waals surface area contributed by atoms with Gasteiger partial charge in [0.05, 0.1) is 90.5 Å². The fourth-order valence-electron chi connectivity index (χ4n) is 8.82. The number of nitrogens with zero attached hydrogens (tertiary/aromatic N) is 4. The number of ether oxygens (including phenoxy) is 8. The Morgan fingerprint density at radius 1 is 0.675 bits per heavy atom. The van der Waals surface area contributed by atoms with Gasteiger partial charge in [-0.15, -0.1) is 0 Å². The van der Waals surface area contributed by atoms with Crippen molar-refractivity contribution in [3.05, 3.63) is 106 Å². The average Bonchev–Trinajstić information content (AvgIpc) is 3.83. The van der Waals surface area contributed by atoms with Crippen molar-refractivity contribution in [2.75, 3.05) is 141 Å². The van der Waals surface area contributed by atoms with Gasteiger partial charge in [-0.25, -0.2) is 0 Å². The summed E-state index contributed by atoms with van der Waals surface area (Å²) >= 11 is 7.30. The molecule has 0 radical (unpaired) electrons. The van der Waals surface area contributed by atoms with E-state index in [9.17, 15) is 4.79 Å². The number of hydrogen-bond donors (Lipinski definition) is 0. The summed E-state index contributed by atoms with van der Waals surface area (Å²) in [7, 11) is 12.4. The third kappa shape index (κ3) is 29.2. The number of amides is 1. The van der Waals surface area contributed by atoms with Crippen molar-refractivity contribution in [2.45, 2.75) is 69.5 Å². The Kier molecular flexibility index (Phi) is 44.1. The summed E-state index contributed by atoms with van der Waals surface area (Å²) < 4.78 is 48.1. The summed E-state index contributed by atoms with van der Waals surface area (Å²) in [5, 5.41) is 8.43. The van der Waals surface area contributed by atoms with E-state index in [0.29, 0.717) is 95.4 Å². The molecule has 0 saturated heterocycles. The predicted molar refractivity (Wildman–Crippen MR) is 362 cm³/mol. The van der Waals surface area contributed by atoms with Gasteiger partial charge in [-0.05, 0) is 104 Å². The molecule has 0 N–H and O–H groups in total. The van der Waals surface area contributed by atoms with Crippen LogP contribution in [0.3, 0.4) is 0 Å². The first-order valence-corrected chi connectivity index (χ1v) is 36.0. The molecule has 0 spiro atoms. The van der Waals surface area contributed by atoms with Crippen LogP contribution in [0.15, 0.2) is 77.8 Å². The third-order valence-electron chi connectivity index (χ3n) is 12.2. The number of para-hydroxylation sites is 1. The van der Waals surface area contributed by atoms with E-state index in [2.05, 4.69) is 165 Å². The van der Waals surface area contributed by atoms with E-state index in [0.717, 1.165) is 68.4 Å². The summed E-state index contributed by atoms with van der Waals surface area (Å²) in [6.07, 6.45) is 6.89. The number of carbonyl (C=O) groups excluding carboxylic acids is 2. The van der Waals surface area contributed by atoms with Crippen molar-refractivity contribution in [1.82, 2.24) is 0 Å². The minimum Gasteiger partial charge on any atom is -1.00 e. The topological polar surface area (TPSA) is 162 Å². The normalized spacial score (nSPS) is 13.1. The van der Waals surface area contributed by atoms with Crippen molar-refractivity contribution in [1.29, 1.82) is 0 Å². The first kappa shape index (κ1) is 80.4. The molecule has 2 aliphatic heterocycles. The van der Waals surface area contributed by atoms with Crippen LogP contribution in [0.2, 0.25) is 0 Å². The number of carbonyl (C=O) groups is 2. The second kappa shape index (κ2) is 45.5. The minimum atomic E-state index is -0.181. The number of hydrogen-bond acceptors (Lipinski definition) is 19. The second-order valence-corrected chi connectivity index (χ2v) is 28.1. The molecular weight excluding hydrogens is 1530 g/mol. The molecule has 0 aromatic heterocycles. The Balaban J connectivity index is 0.000000862. The molecule has 0 saturated carbocycles. The summed E-state index contributed by atoms with van der Waals surface area (Å²) in [6.45, 7) is 18.8. The van der Waals surface area contributed by atoms with E-state index in [1.165, 1.54) is 22.4 Å². The summed E-state index contributed by atoms with van der Waals surface area (Å²) in [6, 6.07) is 25.1. The van der Waals surface area contributed by atoms with Crippen LogP contribution >= 0.6 is 111 Å². The van der Waals surface area contributed by atoms with Gasteiger partial charge in [-0.3, -0.25) is 19.5 Å². The zero-order valence-corrected chi connectivity index (χ0v) is 66.0. The molecule has 2 aliphatic rings. The Labute approximate surface area is 637 Å². The maximum Gasteiger partial charge on any atom is 1.00 e. The molecule has 1 amide bonds. The smallest absolute Gasteiger partial charge is 1.00 e. The van der Waals surface area contributed by atoms with E-state index in [-0.39, 0.29) is 132 Å². The maximum absolute atomic E-state index is 13.8. The Hall–Kier alpha value is 1.27. The molecular formula is C58H81I3K2N4O12S4. The van der Waals surface area contributed by atoms with Crippen LogP contribution in [0.25, 0.3) is 0 Å². The third-order valence-corrected chi connectivity index (χ3v) is 20.1. The number of rotatable bonds is 36. The van der Waals surface area contributed by atoms with Crippen LogP contribution in [-0.2, 0) is 64.4 Å². The van der Waals surface area contributed by atoms with Gasteiger partial charge in [0.15, 0.2) is 11.5 Å². The Morgan fingerprint density at radius 2 is 1.13 bits per heavy atom. The van der Waals surface area contributed by atoms with Crippen LogP contribution in [-0.4, -0.2) is 160 Å². The van der Waals surface area contributed by atoms with Crippen LogP contribution in [0.1, 0.15) is 67.3 Å². The second-order valence-electron chi connectivity index (χ2n) is 19.6. The molecule has 4 aromatic rings. The zero-order valence-electron chi connectivity index (χ0n) is 51.1. The fraction of sp³-hybridized carbons (Fsp3) is 0.534. The van der Waals surface area contributed by atoms with Crippen LogP contribution < -0.4 is 132 Å². The van der Waals surface area contributed by atoms with Gasteiger partial charge in [0.25, 0.3) is 12.4 Å². The Morgan fingerprint density at radius 3 is 1.59 bits per heavy atom. The van der Waals surface area contributed by atoms with E-state index in [1.54, 1.807) is 38.2 Å². The quantitative estimate of drug-likeness (QED) is 0.00744. The summed E-state index contributed by atoms with van der Waals surface area (Å²) in [4.78, 5) is 36.6. The predicted octanol–water partition coefficient (Wildman–Crippen LogP) is 6.16. The van der Waals surface area contributed by atoms with Crippen LogP contribution in [0.4, 0.5) is 22.7 Å². The Bertz CT molecular complexity index is 2520. The standard InChI is InChI=1S/C37H46IN3O6S2.C20H33I2NO3S2.CH2O3.2K.H/c1-37(2,49-48-5)25-40(10-11-45-14-15-46-13-12-43-3)29-17-26(22-38)16-27(18-29)24-47-35-21-32-31(20-34(35)44-4)36(42)41-30(23-39-32)19-28-8-6-7-9-33(28)41;1-20(2,28-27-4)16-23(5-6-25-9-10-26-8-7-24-3)19-12-17(14-21)11-18(13-19)15-22;2-1-4-3;;;/h6-9,16-18,20-21,23,30H,10-15,19,22,24-25H2,1-5H3;11-13H,5-10,14-16H2,1-4H3;1,3H;;;/q;;;2*+1;-1/p-1/t30-;;;;;/m0...../s1. The van der Waals surface area contributed by atoms with Crippen molar-refractivity contribution >= 4 is 152 Å². The molecule has 6 rings (SSSR count). The van der Waals surface area contributed by atoms with Gasteiger partial charge < -0.3 is 59.3 Å². The summed E-state index contributed by atoms with van der Waals surface area (Å²) in [5.74, 6) is 0.960. The maximum atomic E-state index is 13.8. The molecule has 0 fully saturated rings. The monoisotopic (exact) mass is 1610 g/mol. The molecule has 83 heavy (non-hydrogen) atoms. The van der Waals surface area contributed by atoms with Gasteiger partial charge in [0, 0.05) is 98.9 Å². The number of anilines is 3. The number of benzene rings is 4. The van der Waals surface area contributed by atoms with E-state index in [4.69, 9.17) is 52.9 Å². The number of alkyl halides is 3. The van der Waals surface area contributed by atoms with Gasteiger partial charge in [0.1, 0.15) is 6.61 Å². The SMILES string of the molecule is COCCOCCOCCN(CC(C)(C)SSC)c1cc(CI)cc(CI)c1.COCCOCCOCCN(CC(C)(C)SSC)c1cc(CI)cc(COc2cc3c(cc2OC)C(=O)N2c4ccccc4C[C@H]2C=N3)c1.O=CO[O-].[H-].[K+].[K+]. The number of fused-ring (bicyclic) bond motifs is 4. The molecule has 4 aromatic carbocycles. The van der Waals surface area contributed by atoms with E-state index >= 15 is 0 Å². The van der Waals surface area contributed by atoms with Gasteiger partial charge >= 0.3 is 103 Å². The van der Waals surface area contributed by atoms with E-state index < -0.39 is 0 Å². The average molecular weight is 1610 g/mol. The van der Waals surface area contributed by atoms with Gasteiger partial charge in [0.2, 0.25) is 0 Å². The largest absolute Gasteiger partial charge is 1.00 e. The van der Waals surface area contributed by atoms with Gasteiger partial charge in [-0.2, -0.15) is 0 Å². The summed E-state index contributed by atoms with van der Waals surface area (Å²) in [5.41, 5.74) is 10.6. The van der Waals surface area contributed by atoms with Gasteiger partial charge in [-0.1, -0.05) is 141 Å². The first-order valence-electron chi connectivity index (χ1n) is 26.3. The number of methoxy groups -OCH3 is 3. The molecule has 0 unspecified atom stereocenters. The minimum absolute atomic E-state index is 0. The first-order chi connectivity index (χ1) is 39.1. The molecule has 0 bridgehead atoms. The van der Waals surface area contributed by atoms with Crippen molar-refractivity contribution in [3.63, 3.8) is 0 Å². The molecule has 16 nitrogen and oxygen atoms in total. The fourth-order valence-corrected chi connectivity index (χ4v) is 14.5. The number of aliphatic imine (C=N–C) groups is 1. The zero-order chi connectivity index (χ0) is 59.0. The molecule has 452 valence electrons. The molecule has 25 heteroatoms. The van der Waals surface area contributed by atoms with Crippen LogP contribution in [0.5, 0.6) is 11.5 Å². The van der Waals surface area contributed by atoms with Crippen molar-refractivity contribution in [3.8, 4) is 11.5 Å². The molecule has 2 heterocycles. The molecule has 1 atom stereocenters. The van der Waals surface area contributed by atoms with Crippen molar-refractivity contribution < 1.29 is 162 Å². The number of halogens is 3.